The summed E-state index contributed by atoms with van der Waals surface area (Å²) in [5.41, 5.74) is 4.98. The second-order valence-corrected chi connectivity index (χ2v) is 9.68. The highest BCUT2D eigenvalue weighted by Gasteiger charge is 2.36. The van der Waals surface area contributed by atoms with E-state index in [9.17, 15) is 9.59 Å². The van der Waals surface area contributed by atoms with Gasteiger partial charge in [-0.25, -0.2) is 4.98 Å². The highest BCUT2D eigenvalue weighted by Crippen LogP contribution is 2.36. The molecule has 1 saturated heterocycles. The number of imidazole rings is 1. The van der Waals surface area contributed by atoms with E-state index >= 15 is 0 Å². The Bertz CT molecular complexity index is 1170. The predicted octanol–water partition coefficient (Wildman–Crippen LogP) is 4.82. The molecule has 0 saturated carbocycles. The number of hydrogen-bond donors (Lipinski definition) is 0. The van der Waals surface area contributed by atoms with Gasteiger partial charge in [-0.15, -0.1) is 0 Å². The molecule has 2 amide bonds. The van der Waals surface area contributed by atoms with Crippen LogP contribution in [-0.4, -0.2) is 44.9 Å². The summed E-state index contributed by atoms with van der Waals surface area (Å²) < 4.78 is 2.03. The van der Waals surface area contributed by atoms with Crippen molar-refractivity contribution in [3.63, 3.8) is 0 Å². The van der Waals surface area contributed by atoms with Crippen molar-refractivity contribution in [2.75, 3.05) is 11.4 Å². The third-order valence-electron chi connectivity index (χ3n) is 6.58. The molecular formula is C27H34N4O2. The first kappa shape index (κ1) is 23.0. The Kier molecular flexibility index (Phi) is 6.28. The first-order chi connectivity index (χ1) is 15.7. The fourth-order valence-corrected chi connectivity index (χ4v) is 5.29. The Morgan fingerprint density at radius 1 is 1.03 bits per heavy atom. The fraction of sp³-hybridized carbons (Fsp3) is 0.444. The lowest BCUT2D eigenvalue weighted by atomic mass is 10.1. The predicted molar refractivity (Wildman–Crippen MR) is 132 cm³/mol. The molecule has 33 heavy (non-hydrogen) atoms. The molecule has 0 N–H and O–H groups in total. The largest absolute Gasteiger partial charge is 0.336 e. The molecule has 6 nitrogen and oxygen atoms in total. The molecule has 0 spiro atoms. The lowest BCUT2D eigenvalue weighted by Gasteiger charge is -2.31. The molecular weight excluding hydrogens is 412 g/mol. The smallest absolute Gasteiger partial charge is 0.243 e. The Hall–Kier alpha value is -3.15. The summed E-state index contributed by atoms with van der Waals surface area (Å²) in [5.74, 6) is 0.927. The van der Waals surface area contributed by atoms with Crippen molar-refractivity contribution >= 4 is 28.5 Å². The van der Waals surface area contributed by atoms with Crippen LogP contribution in [0.15, 0.2) is 42.5 Å². The fourth-order valence-electron chi connectivity index (χ4n) is 5.29. The van der Waals surface area contributed by atoms with Gasteiger partial charge in [0, 0.05) is 36.7 Å². The molecule has 0 unspecified atom stereocenters. The number of carbonyl (C=O) groups is 2. The second kappa shape index (κ2) is 9.00. The van der Waals surface area contributed by atoms with E-state index in [0.29, 0.717) is 13.0 Å². The quantitative estimate of drug-likeness (QED) is 0.545. The van der Waals surface area contributed by atoms with E-state index in [1.807, 2.05) is 98.4 Å². The number of amides is 2. The number of fused-ring (bicyclic) bond motifs is 1. The molecule has 6 heteroatoms. The minimum atomic E-state index is -0.0664. The van der Waals surface area contributed by atoms with Crippen LogP contribution in [-0.2, 0) is 16.1 Å². The minimum absolute atomic E-state index is 0.0664. The molecule has 1 aliphatic rings. The lowest BCUT2D eigenvalue weighted by Crippen LogP contribution is -2.44. The van der Waals surface area contributed by atoms with Crippen LogP contribution >= 0.6 is 0 Å². The SMILES string of the molecule is Cc1cccc(C)c1N1C[C@@H](c2nc3ccccc3n2CC(=O)N(C(C)C)C(C)C)CC1=O. The number of para-hydroxylation sites is 3. The standard InChI is InChI=1S/C27H34N4O2/c1-17(2)31(18(3)4)25(33)16-29-23-13-8-7-12-22(23)28-27(29)21-14-24(32)30(15-21)26-19(5)10-9-11-20(26)6/h7-13,17-18,21H,14-16H2,1-6H3/t21-/m0/s1. The second-order valence-electron chi connectivity index (χ2n) is 9.68. The number of nitrogens with zero attached hydrogens (tertiary/aromatic N) is 4. The van der Waals surface area contributed by atoms with Crippen molar-refractivity contribution in [3.8, 4) is 0 Å². The van der Waals surface area contributed by atoms with E-state index < -0.39 is 0 Å². The van der Waals surface area contributed by atoms with Gasteiger partial charge in [-0.05, 0) is 64.8 Å². The first-order valence-electron chi connectivity index (χ1n) is 11.8. The van der Waals surface area contributed by atoms with E-state index in [-0.39, 0.29) is 36.4 Å². The van der Waals surface area contributed by atoms with E-state index in [1.165, 1.54) is 0 Å². The maximum absolute atomic E-state index is 13.3. The van der Waals surface area contributed by atoms with Crippen LogP contribution in [0, 0.1) is 13.8 Å². The van der Waals surface area contributed by atoms with Gasteiger partial charge < -0.3 is 14.4 Å². The average Bonchev–Trinajstić information content (AvgIpc) is 3.28. The minimum Gasteiger partial charge on any atom is -0.336 e. The Morgan fingerprint density at radius 2 is 1.67 bits per heavy atom. The van der Waals surface area contributed by atoms with E-state index in [2.05, 4.69) is 0 Å². The number of aryl methyl sites for hydroxylation is 2. The normalized spacial score (nSPS) is 16.4. The molecule has 1 aliphatic heterocycles. The maximum atomic E-state index is 13.3. The monoisotopic (exact) mass is 446 g/mol. The van der Waals surface area contributed by atoms with Crippen molar-refractivity contribution < 1.29 is 9.59 Å². The van der Waals surface area contributed by atoms with Crippen LogP contribution in [0.3, 0.4) is 0 Å². The van der Waals surface area contributed by atoms with E-state index in [0.717, 1.165) is 33.7 Å². The molecule has 2 aromatic carbocycles. The average molecular weight is 447 g/mol. The summed E-state index contributed by atoms with van der Waals surface area (Å²) in [6.45, 7) is 13.1. The van der Waals surface area contributed by atoms with Crippen LogP contribution in [0.5, 0.6) is 0 Å². The number of carbonyl (C=O) groups excluding carboxylic acids is 2. The van der Waals surface area contributed by atoms with Crippen molar-refractivity contribution in [1.82, 2.24) is 14.5 Å². The van der Waals surface area contributed by atoms with Gasteiger partial charge in [-0.3, -0.25) is 9.59 Å². The summed E-state index contributed by atoms with van der Waals surface area (Å²) in [4.78, 5) is 35.2. The third kappa shape index (κ3) is 4.26. The van der Waals surface area contributed by atoms with E-state index in [1.54, 1.807) is 0 Å². The zero-order valence-electron chi connectivity index (χ0n) is 20.5. The molecule has 1 fully saturated rings. The van der Waals surface area contributed by atoms with Crippen molar-refractivity contribution in [2.24, 2.45) is 0 Å². The van der Waals surface area contributed by atoms with E-state index in [4.69, 9.17) is 4.98 Å². The van der Waals surface area contributed by atoms with Crippen molar-refractivity contribution in [1.29, 1.82) is 0 Å². The summed E-state index contributed by atoms with van der Waals surface area (Å²) in [7, 11) is 0. The molecule has 2 heterocycles. The number of hydrogen-bond acceptors (Lipinski definition) is 3. The highest BCUT2D eigenvalue weighted by atomic mass is 16.2. The van der Waals surface area contributed by atoms with Gasteiger partial charge in [-0.2, -0.15) is 0 Å². The number of aromatic nitrogens is 2. The molecule has 0 radical (unpaired) electrons. The molecule has 0 aliphatic carbocycles. The highest BCUT2D eigenvalue weighted by molar-refractivity contribution is 5.98. The van der Waals surface area contributed by atoms with Crippen molar-refractivity contribution in [3.05, 3.63) is 59.4 Å². The van der Waals surface area contributed by atoms with Gasteiger partial charge in [-0.1, -0.05) is 30.3 Å². The van der Waals surface area contributed by atoms with Crippen LogP contribution in [0.1, 0.15) is 57.0 Å². The molecule has 1 atom stereocenters. The zero-order valence-corrected chi connectivity index (χ0v) is 20.5. The lowest BCUT2D eigenvalue weighted by molar-refractivity contribution is -0.135. The number of anilines is 1. The zero-order chi connectivity index (χ0) is 23.9. The third-order valence-corrected chi connectivity index (χ3v) is 6.58. The van der Waals surface area contributed by atoms with Gasteiger partial charge in [0.25, 0.3) is 0 Å². The van der Waals surface area contributed by atoms with Gasteiger partial charge in [0.15, 0.2) is 0 Å². The van der Waals surface area contributed by atoms with Gasteiger partial charge in [0.2, 0.25) is 11.8 Å². The molecule has 174 valence electrons. The maximum Gasteiger partial charge on any atom is 0.243 e. The Labute approximate surface area is 196 Å². The topological polar surface area (TPSA) is 58.4 Å². The summed E-state index contributed by atoms with van der Waals surface area (Å²) in [6, 6.07) is 14.3. The molecule has 0 bridgehead atoms. The first-order valence-corrected chi connectivity index (χ1v) is 11.8. The Morgan fingerprint density at radius 3 is 2.30 bits per heavy atom. The van der Waals surface area contributed by atoms with Gasteiger partial charge in [0.05, 0.1) is 11.0 Å². The Balaban J connectivity index is 1.72. The molecule has 1 aromatic heterocycles. The van der Waals surface area contributed by atoms with Crippen LogP contribution < -0.4 is 4.90 Å². The number of benzene rings is 2. The molecule has 3 aromatic rings. The van der Waals surface area contributed by atoms with Crippen LogP contribution in [0.4, 0.5) is 5.69 Å². The summed E-state index contributed by atoms with van der Waals surface area (Å²) in [6.07, 6.45) is 0.392. The van der Waals surface area contributed by atoms with Crippen LogP contribution in [0.2, 0.25) is 0 Å². The van der Waals surface area contributed by atoms with Gasteiger partial charge in [0.1, 0.15) is 12.4 Å². The summed E-state index contributed by atoms with van der Waals surface area (Å²) in [5, 5.41) is 0. The van der Waals surface area contributed by atoms with Gasteiger partial charge >= 0.3 is 0 Å². The van der Waals surface area contributed by atoms with Crippen LogP contribution in [0.25, 0.3) is 11.0 Å². The molecule has 4 rings (SSSR count). The summed E-state index contributed by atoms with van der Waals surface area (Å²) >= 11 is 0. The number of rotatable bonds is 6. The van der Waals surface area contributed by atoms with Crippen molar-refractivity contribution in [2.45, 2.75) is 72.5 Å².